The Morgan fingerprint density at radius 3 is 1.44 bits per heavy atom. The van der Waals surface area contributed by atoms with E-state index in [1.54, 1.807) is 68.4 Å². The molecule has 6 heterocycles. The molecule has 31 heteroatoms. The lowest BCUT2D eigenvalue weighted by molar-refractivity contribution is -0.138. The van der Waals surface area contributed by atoms with Gasteiger partial charge in [0, 0.05) is 29.6 Å². The number of fused-ring (bicyclic) bond motifs is 2. The molecule has 0 spiro atoms. The van der Waals surface area contributed by atoms with Crippen LogP contribution < -0.4 is 24.3 Å². The van der Waals surface area contributed by atoms with Crippen LogP contribution in [-0.4, -0.2) is 121 Å². The number of thiocarbonyl (C=S) groups is 2. The van der Waals surface area contributed by atoms with Gasteiger partial charge >= 0.3 is 24.3 Å². The minimum atomic E-state index is -4.88. The van der Waals surface area contributed by atoms with Gasteiger partial charge in [-0.25, -0.2) is 33.3 Å². The fraction of sp³-hybridized carbons (Fsp3) is 0.294. The number of amides is 2. The van der Waals surface area contributed by atoms with E-state index in [-0.39, 0.29) is 98.1 Å². The smallest absolute Gasteiger partial charge is 0.417 e. The zero-order valence-electron chi connectivity index (χ0n) is 52.9. The number of ether oxygens (including phenoxy) is 5. The van der Waals surface area contributed by atoms with Gasteiger partial charge in [-0.05, 0) is 137 Å². The van der Waals surface area contributed by atoms with Crippen molar-refractivity contribution in [3.8, 4) is 18.0 Å². The van der Waals surface area contributed by atoms with E-state index in [0.29, 0.717) is 41.9 Å². The summed E-state index contributed by atoms with van der Waals surface area (Å²) in [6, 6.07) is 31.0. The number of aromatic nitrogens is 4. The highest BCUT2D eigenvalue weighted by molar-refractivity contribution is 7.81. The lowest BCUT2D eigenvalue weighted by atomic mass is 10.0. The van der Waals surface area contributed by atoms with Crippen molar-refractivity contribution in [3.63, 3.8) is 0 Å². The molecule has 4 aliphatic rings. The van der Waals surface area contributed by atoms with Gasteiger partial charge in [0.05, 0.1) is 88.7 Å². The Kier molecular flexibility index (Phi) is 20.7. The van der Waals surface area contributed by atoms with Crippen LogP contribution in [0.25, 0.3) is 21.8 Å². The second-order valence-electron chi connectivity index (χ2n) is 23.5. The van der Waals surface area contributed by atoms with E-state index in [9.17, 15) is 55.9 Å². The molecule has 4 aliphatic heterocycles. The van der Waals surface area contributed by atoms with Crippen LogP contribution in [0.5, 0.6) is 5.88 Å². The molecule has 1 N–H and O–H groups in total. The van der Waals surface area contributed by atoms with Crippen LogP contribution >= 0.6 is 36.0 Å². The van der Waals surface area contributed by atoms with E-state index in [4.69, 9.17) is 65.0 Å². The standard InChI is InChI=1S/C34H27F4N5O5S.C23H16ClF4N5OS.C11H12O4/c1-4-27-40-28-22(29(41-27)47-25-16-46-17-26(25)48-30(44)18-8-6-5-7-9-18)12-21(14-24(28)35)43-32(49)42(31(45)33(43,2)3)20-11-10-19(15-39)23(13-20)34(36,37)38;1-4-17-30-18-14(19(24)31-17)7-13(9-16(18)25)33-21(35)32(20(34)22(33,2)3)12-6-5-11(10-29)15(8-12)23(26,27)28;12-9-6-14-7-10(9)15-11(13)8-4-2-1-3-5-8/h5-14,25-26H,4,16-17H2,1-3H3;5-9H,4H2,1-3H3;1-5,9-10,12H,6-7H2/t;;9-,10?/m..0/s1. The number of halogens is 9. The Labute approximate surface area is 574 Å². The SMILES string of the molecule is CCc1nc(Cl)c2cc(N3C(=S)N(c4ccc(C#N)c(C(F)(F)F)c4)C(=O)C3(C)C)cc(F)c2n1.CCc1nc(OC2COCC2OC(=O)c2ccccc2)c2cc(N3C(=S)N(c4ccc(C#N)c(C(F)(F)F)c4)C(=O)C3(C)C)cc(F)c2n1.O=C(OC1COC[C@@H]1O)c1ccccc1. The average molecular weight is 1420 g/mol. The third-order valence-corrected chi connectivity index (χ3v) is 17.1. The third kappa shape index (κ3) is 14.5. The first-order chi connectivity index (χ1) is 46.8. The Balaban J connectivity index is 0.000000183. The first kappa shape index (κ1) is 71.8. The molecule has 0 aliphatic carbocycles. The van der Waals surface area contributed by atoms with Gasteiger partial charge in [0.2, 0.25) is 5.88 Å². The highest BCUT2D eigenvalue weighted by atomic mass is 35.5. The summed E-state index contributed by atoms with van der Waals surface area (Å²) >= 11 is 17.4. The number of hydrogen-bond donors (Lipinski definition) is 1. The Morgan fingerprint density at radius 1 is 0.596 bits per heavy atom. The molecule has 20 nitrogen and oxygen atoms in total. The van der Waals surface area contributed by atoms with Crippen molar-refractivity contribution in [2.45, 2.75) is 102 Å². The molecule has 99 heavy (non-hydrogen) atoms. The largest absolute Gasteiger partial charge is 0.467 e. The van der Waals surface area contributed by atoms with E-state index in [0.717, 1.165) is 34.1 Å². The van der Waals surface area contributed by atoms with Gasteiger partial charge < -0.3 is 38.6 Å². The van der Waals surface area contributed by atoms with Crippen LogP contribution in [0.15, 0.2) is 121 Å². The molecule has 8 aromatic rings. The lowest BCUT2D eigenvalue weighted by Gasteiger charge is -2.30. The molecule has 4 atom stereocenters. The van der Waals surface area contributed by atoms with Gasteiger partial charge in [0.15, 0.2) is 40.2 Å². The van der Waals surface area contributed by atoms with Crippen molar-refractivity contribution in [1.29, 1.82) is 10.5 Å². The minimum absolute atomic E-state index is 0.00128. The van der Waals surface area contributed by atoms with Crippen LogP contribution in [0.2, 0.25) is 5.15 Å². The molecular weight excluding hydrogens is 1370 g/mol. The topological polar surface area (TPSA) is 247 Å². The van der Waals surface area contributed by atoms with Gasteiger partial charge in [0.25, 0.3) is 11.8 Å². The van der Waals surface area contributed by atoms with Crippen LogP contribution in [0.4, 0.5) is 57.9 Å². The molecule has 2 amide bonds. The number of rotatable bonds is 12. The number of esters is 2. The van der Waals surface area contributed by atoms with Gasteiger partial charge in [-0.1, -0.05) is 61.8 Å². The number of nitriles is 2. The van der Waals surface area contributed by atoms with Crippen LogP contribution in [0, 0.1) is 34.3 Å². The van der Waals surface area contributed by atoms with Crippen molar-refractivity contribution in [2.24, 2.45) is 0 Å². The molecule has 2 aromatic heterocycles. The van der Waals surface area contributed by atoms with Crippen LogP contribution in [0.1, 0.15) is 96.2 Å². The molecule has 0 radical (unpaired) electrons. The number of benzene rings is 6. The van der Waals surface area contributed by atoms with E-state index in [1.807, 2.05) is 6.07 Å². The molecule has 512 valence electrons. The summed E-state index contributed by atoms with van der Waals surface area (Å²) in [5, 5.41) is 27.6. The number of anilines is 4. The summed E-state index contributed by atoms with van der Waals surface area (Å²) in [7, 11) is 0. The second-order valence-corrected chi connectivity index (χ2v) is 24.6. The maximum Gasteiger partial charge on any atom is 0.417 e. The minimum Gasteiger partial charge on any atom is -0.467 e. The Bertz CT molecular complexity index is 4640. The number of aliphatic hydroxyl groups excluding tert-OH is 1. The molecule has 0 bridgehead atoms. The van der Waals surface area contributed by atoms with Crippen LogP contribution in [0.3, 0.4) is 0 Å². The number of hydrogen-bond acceptors (Lipinski definition) is 18. The Morgan fingerprint density at radius 2 is 1.01 bits per heavy atom. The molecule has 0 saturated carbocycles. The van der Waals surface area contributed by atoms with Gasteiger partial charge in [-0.3, -0.25) is 19.4 Å². The summed E-state index contributed by atoms with van der Waals surface area (Å²) < 4.78 is 140. The fourth-order valence-electron chi connectivity index (χ4n) is 11.0. The molecule has 4 saturated heterocycles. The number of carbonyl (C=O) groups is 4. The zero-order valence-corrected chi connectivity index (χ0v) is 55.3. The fourth-order valence-corrected chi connectivity index (χ4v) is 12.3. The van der Waals surface area contributed by atoms with Crippen molar-refractivity contribution < 1.29 is 83.1 Å². The van der Waals surface area contributed by atoms with Crippen molar-refractivity contribution in [2.75, 3.05) is 46.0 Å². The third-order valence-electron chi connectivity index (χ3n) is 16.1. The first-order valence-corrected chi connectivity index (χ1v) is 31.3. The van der Waals surface area contributed by atoms with Crippen molar-refractivity contribution in [1.82, 2.24) is 19.9 Å². The molecule has 12 rings (SSSR count). The summed E-state index contributed by atoms with van der Waals surface area (Å²) in [6.07, 6.45) is -11.8. The number of nitrogens with zero attached hydrogens (tertiary/aromatic N) is 10. The van der Waals surface area contributed by atoms with E-state index in [2.05, 4.69) is 19.9 Å². The zero-order chi connectivity index (χ0) is 71.8. The quantitative estimate of drug-likeness (QED) is 0.0517. The maximum atomic E-state index is 15.9. The Hall–Kier alpha value is -9.95. The summed E-state index contributed by atoms with van der Waals surface area (Å²) in [5.74, 6) is -3.26. The molecular formula is C68H55ClF8N10O10S2. The van der Waals surface area contributed by atoms with Crippen molar-refractivity contribution in [3.05, 3.63) is 183 Å². The number of aliphatic hydroxyl groups is 1. The highest BCUT2D eigenvalue weighted by Gasteiger charge is 2.53. The summed E-state index contributed by atoms with van der Waals surface area (Å²) in [4.78, 5) is 73.1. The number of alkyl halides is 6. The van der Waals surface area contributed by atoms with Gasteiger partial charge in [0.1, 0.15) is 45.0 Å². The molecule has 4 fully saturated rings. The maximum absolute atomic E-state index is 15.9. The van der Waals surface area contributed by atoms with Gasteiger partial charge in [-0.2, -0.15) is 41.9 Å². The first-order valence-electron chi connectivity index (χ1n) is 30.1. The van der Waals surface area contributed by atoms with Crippen molar-refractivity contribution >= 4 is 115 Å². The highest BCUT2D eigenvalue weighted by Crippen LogP contribution is 2.44. The normalized spacial score (nSPS) is 18.8. The summed E-state index contributed by atoms with van der Waals surface area (Å²) in [6.45, 7) is 10.2. The van der Waals surface area contributed by atoms with Crippen LogP contribution in [-0.2, 0) is 53.7 Å². The predicted octanol–water partition coefficient (Wildman–Crippen LogP) is 12.5. The predicted molar refractivity (Wildman–Crippen MR) is 352 cm³/mol. The monoisotopic (exact) mass is 1420 g/mol. The summed E-state index contributed by atoms with van der Waals surface area (Å²) in [5.41, 5.74) is -5.94. The lowest BCUT2D eigenvalue weighted by Crippen LogP contribution is -2.44. The second kappa shape index (κ2) is 28.5. The molecule has 6 aromatic carbocycles. The van der Waals surface area contributed by atoms with Gasteiger partial charge in [-0.15, -0.1) is 0 Å². The average Bonchev–Trinajstić information content (AvgIpc) is 1.60. The van der Waals surface area contributed by atoms with E-state index >= 15 is 8.78 Å². The van der Waals surface area contributed by atoms with E-state index in [1.165, 1.54) is 73.9 Å². The number of carbonyl (C=O) groups excluding carboxylic acids is 4. The number of aryl methyl sites for hydroxylation is 2. The van der Waals surface area contributed by atoms with E-state index < -0.39 is 105 Å². The molecule has 3 unspecified atom stereocenters.